The van der Waals surface area contributed by atoms with Gasteiger partial charge in [-0.2, -0.15) is 0 Å². The minimum absolute atomic E-state index is 0.168. The molecule has 7 nitrogen and oxygen atoms in total. The number of carbonyl (C=O) groups excluding carboxylic acids is 1. The van der Waals surface area contributed by atoms with Crippen molar-refractivity contribution >= 4 is 12.0 Å². The lowest BCUT2D eigenvalue weighted by molar-refractivity contribution is 0.149. The summed E-state index contributed by atoms with van der Waals surface area (Å²) < 4.78 is 5.33. The van der Waals surface area contributed by atoms with Crippen LogP contribution in [0.3, 0.4) is 0 Å². The average molecular weight is 314 g/mol. The fourth-order valence-corrected chi connectivity index (χ4v) is 2.47. The first-order chi connectivity index (χ1) is 11.1. The summed E-state index contributed by atoms with van der Waals surface area (Å²) in [4.78, 5) is 34.3. The first kappa shape index (κ1) is 15.1. The van der Waals surface area contributed by atoms with Gasteiger partial charge in [-0.1, -0.05) is 18.2 Å². The third kappa shape index (κ3) is 3.68. The number of rotatable bonds is 2. The molecule has 2 aromatic rings. The Bertz CT molecular complexity index is 736. The van der Waals surface area contributed by atoms with Crippen LogP contribution in [-0.2, 0) is 0 Å². The van der Waals surface area contributed by atoms with Gasteiger partial charge >= 0.3 is 6.09 Å². The number of nitrogens with zero attached hydrogens (tertiary/aromatic N) is 3. The lowest BCUT2D eigenvalue weighted by Gasteiger charge is -2.34. The number of hydrogen-bond acceptors (Lipinski definition) is 5. The molecule has 1 saturated heterocycles. The number of hydrogen-bond donors (Lipinski definition) is 1. The summed E-state index contributed by atoms with van der Waals surface area (Å²) in [5, 5.41) is 0. The largest absolute Gasteiger partial charge is 0.415 e. The highest BCUT2D eigenvalue weighted by molar-refractivity contribution is 5.71. The molecule has 0 bridgehead atoms. The van der Waals surface area contributed by atoms with Crippen LogP contribution < -0.4 is 15.2 Å². The van der Waals surface area contributed by atoms with Gasteiger partial charge in [-0.3, -0.25) is 9.78 Å². The molecular weight excluding hydrogens is 296 g/mol. The molecule has 120 valence electrons. The van der Waals surface area contributed by atoms with Crippen molar-refractivity contribution in [1.82, 2.24) is 14.9 Å². The normalized spacial score (nSPS) is 14.7. The van der Waals surface area contributed by atoms with E-state index in [9.17, 15) is 9.59 Å². The number of carbonyl (C=O) groups is 1. The Morgan fingerprint density at radius 2 is 1.87 bits per heavy atom. The van der Waals surface area contributed by atoms with Crippen LogP contribution in [0.5, 0.6) is 5.75 Å². The fourth-order valence-electron chi connectivity index (χ4n) is 2.47. The van der Waals surface area contributed by atoms with Crippen molar-refractivity contribution in [2.24, 2.45) is 0 Å². The zero-order valence-electron chi connectivity index (χ0n) is 12.9. The molecule has 23 heavy (non-hydrogen) atoms. The molecule has 0 aliphatic carbocycles. The van der Waals surface area contributed by atoms with Gasteiger partial charge in [0, 0.05) is 37.9 Å². The van der Waals surface area contributed by atoms with Crippen LogP contribution >= 0.6 is 0 Å². The van der Waals surface area contributed by atoms with Crippen LogP contribution in [0.15, 0.2) is 41.2 Å². The SMILES string of the molecule is Cc1cc(=O)[nH]c(N2CCN(C(=O)Oc3ccccc3)CC2)n1. The first-order valence-corrected chi connectivity index (χ1v) is 7.46. The van der Waals surface area contributed by atoms with Gasteiger partial charge in [-0.25, -0.2) is 9.78 Å². The van der Waals surface area contributed by atoms with Gasteiger partial charge in [-0.15, -0.1) is 0 Å². The lowest BCUT2D eigenvalue weighted by atomic mass is 10.3. The van der Waals surface area contributed by atoms with Crippen LogP contribution in [0.2, 0.25) is 0 Å². The maximum absolute atomic E-state index is 12.1. The Hall–Kier alpha value is -2.83. The smallest absolute Gasteiger partial charge is 0.410 e. The highest BCUT2D eigenvalue weighted by atomic mass is 16.6. The van der Waals surface area contributed by atoms with Crippen LogP contribution in [0.1, 0.15) is 5.69 Å². The average Bonchev–Trinajstić information content (AvgIpc) is 2.55. The molecule has 0 saturated carbocycles. The van der Waals surface area contributed by atoms with E-state index in [0.717, 1.165) is 0 Å². The predicted octanol–water partition coefficient (Wildman–Crippen LogP) is 1.40. The number of ether oxygens (including phenoxy) is 1. The van der Waals surface area contributed by atoms with Crippen molar-refractivity contribution in [3.8, 4) is 5.75 Å². The Morgan fingerprint density at radius 3 is 2.52 bits per heavy atom. The minimum atomic E-state index is -0.360. The van der Waals surface area contributed by atoms with Crippen LogP contribution in [0.25, 0.3) is 0 Å². The monoisotopic (exact) mass is 314 g/mol. The Morgan fingerprint density at radius 1 is 1.17 bits per heavy atom. The molecule has 0 unspecified atom stereocenters. The maximum Gasteiger partial charge on any atom is 0.415 e. The highest BCUT2D eigenvalue weighted by Crippen LogP contribution is 2.13. The number of para-hydroxylation sites is 1. The molecule has 7 heteroatoms. The molecule has 0 spiro atoms. The van der Waals surface area contributed by atoms with E-state index in [1.807, 2.05) is 23.1 Å². The minimum Gasteiger partial charge on any atom is -0.410 e. The Kier molecular flexibility index (Phi) is 4.27. The second-order valence-corrected chi connectivity index (χ2v) is 5.37. The van der Waals surface area contributed by atoms with Gasteiger partial charge < -0.3 is 14.5 Å². The summed E-state index contributed by atoms with van der Waals surface area (Å²) in [5.41, 5.74) is 0.507. The van der Waals surface area contributed by atoms with Gasteiger partial charge in [0.15, 0.2) is 0 Å². The number of piperazine rings is 1. The first-order valence-electron chi connectivity index (χ1n) is 7.46. The molecule has 0 atom stereocenters. The number of aromatic amines is 1. The van der Waals surface area contributed by atoms with Gasteiger partial charge in [0.2, 0.25) is 5.95 Å². The number of H-pyrrole nitrogens is 1. The summed E-state index contributed by atoms with van der Waals surface area (Å²) in [6.07, 6.45) is -0.360. The van der Waals surface area contributed by atoms with Crippen LogP contribution in [-0.4, -0.2) is 47.1 Å². The fraction of sp³-hybridized carbons (Fsp3) is 0.312. The molecule has 1 aromatic heterocycles. The second-order valence-electron chi connectivity index (χ2n) is 5.37. The third-order valence-electron chi connectivity index (χ3n) is 3.64. The number of aryl methyl sites for hydroxylation is 1. The van der Waals surface area contributed by atoms with Crippen molar-refractivity contribution in [3.05, 3.63) is 52.4 Å². The van der Waals surface area contributed by atoms with E-state index in [1.54, 1.807) is 24.0 Å². The predicted molar refractivity (Wildman–Crippen MR) is 85.8 cm³/mol. The van der Waals surface area contributed by atoms with Crippen LogP contribution in [0, 0.1) is 6.92 Å². The highest BCUT2D eigenvalue weighted by Gasteiger charge is 2.23. The molecule has 1 aromatic carbocycles. The molecular formula is C16H18N4O3. The van der Waals surface area contributed by atoms with Crippen LogP contribution in [0.4, 0.5) is 10.7 Å². The number of anilines is 1. The van der Waals surface area contributed by atoms with E-state index in [2.05, 4.69) is 9.97 Å². The molecule has 1 aliphatic heterocycles. The van der Waals surface area contributed by atoms with Crippen molar-refractivity contribution in [2.75, 3.05) is 31.1 Å². The van der Waals surface area contributed by atoms with E-state index in [4.69, 9.17) is 4.74 Å². The van der Waals surface area contributed by atoms with Crippen molar-refractivity contribution in [3.63, 3.8) is 0 Å². The molecule has 1 amide bonds. The molecule has 1 aliphatic rings. The quantitative estimate of drug-likeness (QED) is 0.906. The number of nitrogens with one attached hydrogen (secondary N) is 1. The molecule has 2 heterocycles. The van der Waals surface area contributed by atoms with Crippen molar-refractivity contribution in [2.45, 2.75) is 6.92 Å². The molecule has 3 rings (SSSR count). The summed E-state index contributed by atoms with van der Waals surface area (Å²) in [6, 6.07) is 10.5. The van der Waals surface area contributed by atoms with E-state index in [1.165, 1.54) is 6.07 Å². The topological polar surface area (TPSA) is 78.5 Å². The van der Waals surface area contributed by atoms with Crippen molar-refractivity contribution < 1.29 is 9.53 Å². The zero-order chi connectivity index (χ0) is 16.2. The van der Waals surface area contributed by atoms with Gasteiger partial charge in [0.25, 0.3) is 5.56 Å². The molecule has 1 N–H and O–H groups in total. The number of aromatic nitrogens is 2. The Labute approximate surface area is 133 Å². The summed E-state index contributed by atoms with van der Waals surface area (Å²) in [6.45, 7) is 4.01. The summed E-state index contributed by atoms with van der Waals surface area (Å²) >= 11 is 0. The van der Waals surface area contributed by atoms with E-state index in [0.29, 0.717) is 43.6 Å². The lowest BCUT2D eigenvalue weighted by Crippen LogP contribution is -2.50. The maximum atomic E-state index is 12.1. The molecule has 1 fully saturated rings. The summed E-state index contributed by atoms with van der Waals surface area (Å²) in [5.74, 6) is 1.08. The van der Waals surface area contributed by atoms with Gasteiger partial charge in [0.05, 0.1) is 0 Å². The second kappa shape index (κ2) is 6.51. The van der Waals surface area contributed by atoms with E-state index >= 15 is 0 Å². The van der Waals surface area contributed by atoms with E-state index in [-0.39, 0.29) is 11.7 Å². The van der Waals surface area contributed by atoms with Gasteiger partial charge in [0.1, 0.15) is 5.75 Å². The Balaban J connectivity index is 1.59. The third-order valence-corrected chi connectivity index (χ3v) is 3.64. The number of amides is 1. The molecule has 0 radical (unpaired) electrons. The van der Waals surface area contributed by atoms with E-state index < -0.39 is 0 Å². The summed E-state index contributed by atoms with van der Waals surface area (Å²) in [7, 11) is 0. The zero-order valence-corrected chi connectivity index (χ0v) is 12.9. The number of benzene rings is 1. The van der Waals surface area contributed by atoms with Gasteiger partial charge in [-0.05, 0) is 19.1 Å². The van der Waals surface area contributed by atoms with Crippen molar-refractivity contribution in [1.29, 1.82) is 0 Å². The standard InChI is InChI=1S/C16H18N4O3/c1-12-11-14(21)18-15(17-12)19-7-9-20(10-8-19)16(22)23-13-5-3-2-4-6-13/h2-6,11H,7-10H2,1H3,(H,17,18,21).